The summed E-state index contributed by atoms with van der Waals surface area (Å²) < 4.78 is 31.6. The predicted octanol–water partition coefficient (Wildman–Crippen LogP) is 5.05. The average molecular weight is 262 g/mol. The van der Waals surface area contributed by atoms with Crippen molar-refractivity contribution in [1.29, 1.82) is 0 Å². The van der Waals surface area contributed by atoms with E-state index in [1.807, 2.05) is 12.1 Å². The molecule has 0 saturated heterocycles. The highest BCUT2D eigenvalue weighted by Gasteiger charge is 2.13. The van der Waals surface area contributed by atoms with E-state index in [9.17, 15) is 8.78 Å². The number of benzene rings is 2. The molecule has 0 fully saturated rings. The van der Waals surface area contributed by atoms with E-state index in [0.29, 0.717) is 5.75 Å². The lowest BCUT2D eigenvalue weighted by molar-refractivity contribution is 0.437. The minimum Gasteiger partial charge on any atom is -0.454 e. The average Bonchev–Trinajstić information content (AvgIpc) is 2.32. The molecule has 3 heteroatoms. The topological polar surface area (TPSA) is 9.23 Å². The van der Waals surface area contributed by atoms with Gasteiger partial charge in [0, 0.05) is 6.07 Å². The Bertz CT molecular complexity index is 568. The van der Waals surface area contributed by atoms with Gasteiger partial charge in [0.2, 0.25) is 0 Å². The maximum Gasteiger partial charge on any atom is 0.168 e. The maximum absolute atomic E-state index is 13.4. The van der Waals surface area contributed by atoms with Gasteiger partial charge >= 0.3 is 0 Å². The van der Waals surface area contributed by atoms with Crippen LogP contribution < -0.4 is 4.74 Å². The normalized spacial score (nSPS) is 11.4. The van der Waals surface area contributed by atoms with Gasteiger partial charge in [-0.05, 0) is 35.2 Å². The number of rotatable bonds is 2. The molecule has 0 aliphatic rings. The van der Waals surface area contributed by atoms with Crippen LogP contribution in [0.2, 0.25) is 0 Å². The first-order chi connectivity index (χ1) is 8.86. The lowest BCUT2D eigenvalue weighted by Gasteiger charge is -2.19. The Kier molecular flexibility index (Phi) is 3.56. The summed E-state index contributed by atoms with van der Waals surface area (Å²) in [6.45, 7) is 6.34. The standard InChI is InChI=1S/C16H16F2O/c1-16(2,3)11-4-7-13(8-5-11)19-15-9-6-12(17)10-14(15)18/h4-10H,1-3H3. The molecular weight excluding hydrogens is 246 g/mol. The summed E-state index contributed by atoms with van der Waals surface area (Å²) in [6, 6.07) is 10.7. The van der Waals surface area contributed by atoms with Gasteiger partial charge < -0.3 is 4.74 Å². The highest BCUT2D eigenvalue weighted by molar-refractivity contribution is 5.35. The van der Waals surface area contributed by atoms with E-state index in [2.05, 4.69) is 20.8 Å². The van der Waals surface area contributed by atoms with E-state index in [0.717, 1.165) is 6.07 Å². The van der Waals surface area contributed by atoms with Crippen LogP contribution in [0, 0.1) is 11.6 Å². The molecule has 0 bridgehead atoms. The largest absolute Gasteiger partial charge is 0.454 e. The Morgan fingerprint density at radius 3 is 2.05 bits per heavy atom. The Morgan fingerprint density at radius 2 is 1.53 bits per heavy atom. The maximum atomic E-state index is 13.4. The first-order valence-corrected chi connectivity index (χ1v) is 6.10. The van der Waals surface area contributed by atoms with Gasteiger partial charge in [-0.3, -0.25) is 0 Å². The van der Waals surface area contributed by atoms with Crippen molar-refractivity contribution in [2.45, 2.75) is 26.2 Å². The molecule has 2 aromatic rings. The van der Waals surface area contributed by atoms with Gasteiger partial charge in [-0.1, -0.05) is 32.9 Å². The Hall–Kier alpha value is -1.90. The predicted molar refractivity (Wildman–Crippen MR) is 71.6 cm³/mol. The van der Waals surface area contributed by atoms with Crippen LogP contribution in [-0.4, -0.2) is 0 Å². The first kappa shape index (κ1) is 13.5. The second kappa shape index (κ2) is 5.00. The second-order valence-electron chi connectivity index (χ2n) is 5.45. The smallest absolute Gasteiger partial charge is 0.168 e. The number of halogens is 2. The summed E-state index contributed by atoms with van der Waals surface area (Å²) >= 11 is 0. The van der Waals surface area contributed by atoms with Crippen molar-refractivity contribution < 1.29 is 13.5 Å². The summed E-state index contributed by atoms with van der Waals surface area (Å²) in [5.41, 5.74) is 1.22. The minimum atomic E-state index is -0.708. The van der Waals surface area contributed by atoms with Crippen molar-refractivity contribution in [3.05, 3.63) is 59.7 Å². The summed E-state index contributed by atoms with van der Waals surface area (Å²) in [5, 5.41) is 0. The highest BCUT2D eigenvalue weighted by atomic mass is 19.1. The van der Waals surface area contributed by atoms with Crippen molar-refractivity contribution >= 4 is 0 Å². The lowest BCUT2D eigenvalue weighted by atomic mass is 9.87. The molecule has 0 aromatic heterocycles. The Balaban J connectivity index is 2.20. The van der Waals surface area contributed by atoms with Crippen molar-refractivity contribution in [2.75, 3.05) is 0 Å². The fraction of sp³-hybridized carbons (Fsp3) is 0.250. The molecular formula is C16H16F2O. The van der Waals surface area contributed by atoms with E-state index in [4.69, 9.17) is 4.74 Å². The van der Waals surface area contributed by atoms with Gasteiger partial charge in [0.1, 0.15) is 11.6 Å². The third kappa shape index (κ3) is 3.31. The van der Waals surface area contributed by atoms with Crippen molar-refractivity contribution in [2.24, 2.45) is 0 Å². The fourth-order valence-electron chi connectivity index (χ4n) is 1.71. The molecule has 0 spiro atoms. The molecule has 0 N–H and O–H groups in total. The van der Waals surface area contributed by atoms with Crippen LogP contribution in [-0.2, 0) is 5.41 Å². The molecule has 0 saturated carbocycles. The van der Waals surface area contributed by atoms with E-state index in [1.165, 1.54) is 17.7 Å². The number of hydrogen-bond acceptors (Lipinski definition) is 1. The zero-order chi connectivity index (χ0) is 14.0. The fourth-order valence-corrected chi connectivity index (χ4v) is 1.71. The molecule has 1 nitrogen and oxygen atoms in total. The lowest BCUT2D eigenvalue weighted by Crippen LogP contribution is -2.10. The van der Waals surface area contributed by atoms with Gasteiger partial charge in [0.15, 0.2) is 11.6 Å². The number of ether oxygens (including phenoxy) is 1. The molecule has 0 aliphatic heterocycles. The molecule has 0 atom stereocenters. The Labute approximate surface area is 111 Å². The molecule has 0 amide bonds. The van der Waals surface area contributed by atoms with Crippen LogP contribution in [0.1, 0.15) is 26.3 Å². The van der Waals surface area contributed by atoms with Crippen LogP contribution >= 0.6 is 0 Å². The summed E-state index contributed by atoms with van der Waals surface area (Å²) in [5.74, 6) is -0.781. The Morgan fingerprint density at radius 1 is 0.895 bits per heavy atom. The molecule has 100 valence electrons. The van der Waals surface area contributed by atoms with Crippen LogP contribution in [0.3, 0.4) is 0 Å². The third-order valence-electron chi connectivity index (χ3n) is 2.84. The molecule has 2 rings (SSSR count). The van der Waals surface area contributed by atoms with E-state index in [1.54, 1.807) is 12.1 Å². The quantitative estimate of drug-likeness (QED) is 0.735. The van der Waals surface area contributed by atoms with Crippen molar-refractivity contribution in [1.82, 2.24) is 0 Å². The first-order valence-electron chi connectivity index (χ1n) is 6.10. The van der Waals surface area contributed by atoms with Crippen LogP contribution in [0.15, 0.2) is 42.5 Å². The summed E-state index contributed by atoms with van der Waals surface area (Å²) in [4.78, 5) is 0. The van der Waals surface area contributed by atoms with E-state index in [-0.39, 0.29) is 11.2 Å². The van der Waals surface area contributed by atoms with Crippen molar-refractivity contribution in [3.63, 3.8) is 0 Å². The second-order valence-corrected chi connectivity index (χ2v) is 5.45. The van der Waals surface area contributed by atoms with Gasteiger partial charge in [-0.25, -0.2) is 8.78 Å². The van der Waals surface area contributed by atoms with Crippen LogP contribution in [0.5, 0.6) is 11.5 Å². The third-order valence-corrected chi connectivity index (χ3v) is 2.84. The molecule has 19 heavy (non-hydrogen) atoms. The van der Waals surface area contributed by atoms with Crippen LogP contribution in [0.25, 0.3) is 0 Å². The minimum absolute atomic E-state index is 0.0184. The van der Waals surface area contributed by atoms with E-state index < -0.39 is 11.6 Å². The van der Waals surface area contributed by atoms with Gasteiger partial charge in [-0.15, -0.1) is 0 Å². The number of hydrogen-bond donors (Lipinski definition) is 0. The van der Waals surface area contributed by atoms with Gasteiger partial charge in [0.05, 0.1) is 0 Å². The molecule has 0 aliphatic carbocycles. The molecule has 2 aromatic carbocycles. The monoisotopic (exact) mass is 262 g/mol. The molecule has 0 heterocycles. The van der Waals surface area contributed by atoms with Gasteiger partial charge in [-0.2, -0.15) is 0 Å². The molecule has 0 radical (unpaired) electrons. The zero-order valence-electron chi connectivity index (χ0n) is 11.2. The highest BCUT2D eigenvalue weighted by Crippen LogP contribution is 2.28. The van der Waals surface area contributed by atoms with Crippen LogP contribution in [0.4, 0.5) is 8.78 Å². The zero-order valence-corrected chi connectivity index (χ0v) is 11.2. The molecule has 0 unspecified atom stereocenters. The SMILES string of the molecule is CC(C)(C)c1ccc(Oc2ccc(F)cc2F)cc1. The summed E-state index contributed by atoms with van der Waals surface area (Å²) in [7, 11) is 0. The van der Waals surface area contributed by atoms with Crippen molar-refractivity contribution in [3.8, 4) is 11.5 Å². The van der Waals surface area contributed by atoms with Gasteiger partial charge in [0.25, 0.3) is 0 Å². The summed E-state index contributed by atoms with van der Waals surface area (Å²) in [6.07, 6.45) is 0. The van der Waals surface area contributed by atoms with E-state index >= 15 is 0 Å².